The first-order valence-electron chi connectivity index (χ1n) is 7.92. The Morgan fingerprint density at radius 2 is 2.17 bits per heavy atom. The first-order valence-corrected chi connectivity index (χ1v) is 7.92. The van der Waals surface area contributed by atoms with E-state index in [1.807, 2.05) is 10.9 Å². The van der Waals surface area contributed by atoms with Gasteiger partial charge in [-0.05, 0) is 25.3 Å². The third-order valence-corrected chi connectivity index (χ3v) is 4.48. The molecule has 3 heterocycles. The molecular weight excluding hydrogens is 296 g/mol. The van der Waals surface area contributed by atoms with Crippen LogP contribution in [0, 0.1) is 0 Å². The molecule has 0 spiro atoms. The number of carbonyl (C=O) groups excluding carboxylic acids is 1. The van der Waals surface area contributed by atoms with E-state index in [4.69, 9.17) is 0 Å². The maximum atomic E-state index is 12.3. The van der Waals surface area contributed by atoms with E-state index in [0.717, 1.165) is 12.1 Å². The van der Waals surface area contributed by atoms with E-state index in [2.05, 4.69) is 15.4 Å². The number of hydrogen-bond donors (Lipinski definition) is 0. The Labute approximate surface area is 132 Å². The topological polar surface area (TPSA) is 85.9 Å². The Hall–Kier alpha value is -2.51. The number of rotatable bonds is 4. The molecule has 0 radical (unpaired) electrons. The average Bonchev–Trinajstić information content (AvgIpc) is 3.09. The molecule has 1 saturated carbocycles. The lowest BCUT2D eigenvalue weighted by atomic mass is 10.2. The predicted octanol–water partition coefficient (Wildman–Crippen LogP) is 0.186. The molecule has 1 amide bonds. The fraction of sp³-hybridized carbons (Fsp3) is 0.533. The summed E-state index contributed by atoms with van der Waals surface area (Å²) in [6.45, 7) is 1.26. The van der Waals surface area contributed by atoms with Crippen molar-refractivity contribution in [3.63, 3.8) is 0 Å². The van der Waals surface area contributed by atoms with Crippen LogP contribution < -0.4 is 5.56 Å². The van der Waals surface area contributed by atoms with Crippen LogP contribution in [-0.4, -0.2) is 48.7 Å². The first-order chi connectivity index (χ1) is 11.2. The van der Waals surface area contributed by atoms with E-state index in [1.54, 1.807) is 11.0 Å². The highest BCUT2D eigenvalue weighted by molar-refractivity contribution is 5.76. The fourth-order valence-electron chi connectivity index (χ4n) is 2.95. The molecule has 2 aliphatic rings. The van der Waals surface area contributed by atoms with Crippen molar-refractivity contribution in [2.75, 3.05) is 13.1 Å². The zero-order valence-corrected chi connectivity index (χ0v) is 12.7. The van der Waals surface area contributed by atoms with Crippen molar-refractivity contribution >= 4 is 5.91 Å². The van der Waals surface area contributed by atoms with Crippen LogP contribution in [0.4, 0.5) is 0 Å². The number of nitrogens with zero attached hydrogens (tertiary/aromatic N) is 6. The summed E-state index contributed by atoms with van der Waals surface area (Å²) in [4.78, 5) is 25.8. The molecule has 0 aromatic carbocycles. The van der Waals surface area contributed by atoms with Gasteiger partial charge < -0.3 is 4.90 Å². The van der Waals surface area contributed by atoms with Gasteiger partial charge in [0.2, 0.25) is 5.91 Å². The van der Waals surface area contributed by atoms with E-state index in [1.165, 1.54) is 29.8 Å². The van der Waals surface area contributed by atoms with Crippen molar-refractivity contribution in [2.24, 2.45) is 0 Å². The van der Waals surface area contributed by atoms with Gasteiger partial charge in [0.05, 0.1) is 11.7 Å². The summed E-state index contributed by atoms with van der Waals surface area (Å²) in [7, 11) is 0. The van der Waals surface area contributed by atoms with Crippen LogP contribution in [0.1, 0.15) is 36.9 Å². The van der Waals surface area contributed by atoms with Crippen LogP contribution >= 0.6 is 0 Å². The van der Waals surface area contributed by atoms with Crippen LogP contribution in [0.2, 0.25) is 0 Å². The van der Waals surface area contributed by atoms with Crippen molar-refractivity contribution in [3.05, 3.63) is 40.6 Å². The smallest absolute Gasteiger partial charge is 0.267 e. The fourth-order valence-corrected chi connectivity index (χ4v) is 2.95. The van der Waals surface area contributed by atoms with Gasteiger partial charge in [0, 0.05) is 37.5 Å². The lowest BCUT2D eigenvalue weighted by Crippen LogP contribution is -2.36. The largest absolute Gasteiger partial charge is 0.339 e. The third-order valence-electron chi connectivity index (χ3n) is 4.48. The lowest BCUT2D eigenvalue weighted by Gasteiger charge is -2.16. The van der Waals surface area contributed by atoms with Gasteiger partial charge in [0.25, 0.3) is 5.56 Å². The highest BCUT2D eigenvalue weighted by Crippen LogP contribution is 2.39. The summed E-state index contributed by atoms with van der Waals surface area (Å²) in [5, 5.41) is 12.4. The van der Waals surface area contributed by atoms with Crippen LogP contribution in [0.25, 0.3) is 0 Å². The van der Waals surface area contributed by atoms with Crippen molar-refractivity contribution in [1.82, 2.24) is 29.7 Å². The maximum absolute atomic E-state index is 12.3. The summed E-state index contributed by atoms with van der Waals surface area (Å²) in [5.41, 5.74) is 0.803. The second kappa shape index (κ2) is 5.60. The minimum atomic E-state index is -0.262. The number of amides is 1. The van der Waals surface area contributed by atoms with Gasteiger partial charge in [-0.2, -0.15) is 5.10 Å². The summed E-state index contributed by atoms with van der Waals surface area (Å²) in [6.07, 6.45) is 6.78. The van der Waals surface area contributed by atoms with Crippen LogP contribution in [0.15, 0.2) is 29.3 Å². The van der Waals surface area contributed by atoms with Gasteiger partial charge >= 0.3 is 0 Å². The Morgan fingerprint density at radius 1 is 1.30 bits per heavy atom. The predicted molar refractivity (Wildman–Crippen MR) is 80.7 cm³/mol. The number of hydrogen-bond acceptors (Lipinski definition) is 5. The quantitative estimate of drug-likeness (QED) is 0.804. The Kier molecular flexibility index (Phi) is 3.44. The molecule has 2 aromatic heterocycles. The molecule has 23 heavy (non-hydrogen) atoms. The first kappa shape index (κ1) is 14.1. The molecule has 8 nitrogen and oxygen atoms in total. The van der Waals surface area contributed by atoms with Gasteiger partial charge in [-0.15, -0.1) is 5.10 Å². The van der Waals surface area contributed by atoms with E-state index in [9.17, 15) is 9.59 Å². The monoisotopic (exact) mass is 314 g/mol. The normalized spacial score (nSPS) is 20.9. The third kappa shape index (κ3) is 2.88. The molecule has 2 fully saturated rings. The van der Waals surface area contributed by atoms with Crippen molar-refractivity contribution < 1.29 is 4.79 Å². The van der Waals surface area contributed by atoms with Gasteiger partial charge in [-0.25, -0.2) is 9.36 Å². The molecule has 4 rings (SSSR count). The van der Waals surface area contributed by atoms with Crippen LogP contribution in [0.3, 0.4) is 0 Å². The SMILES string of the molecule is O=C(Cn1ncccc1=O)N1CCC(n2cc(C3CC3)nn2)C1. The number of aromatic nitrogens is 5. The number of carbonyl (C=O) groups is 1. The highest BCUT2D eigenvalue weighted by atomic mass is 16.2. The molecule has 120 valence electrons. The van der Waals surface area contributed by atoms with Gasteiger partial charge in [-0.3, -0.25) is 9.59 Å². The average molecular weight is 314 g/mol. The minimum Gasteiger partial charge on any atom is -0.339 e. The summed E-state index contributed by atoms with van der Waals surface area (Å²) >= 11 is 0. The highest BCUT2D eigenvalue weighted by Gasteiger charge is 2.31. The van der Waals surface area contributed by atoms with Crippen molar-refractivity contribution in [3.8, 4) is 0 Å². The zero-order valence-electron chi connectivity index (χ0n) is 12.7. The van der Waals surface area contributed by atoms with Gasteiger partial charge in [-0.1, -0.05) is 5.21 Å². The lowest BCUT2D eigenvalue weighted by molar-refractivity contribution is -0.131. The Bertz CT molecular complexity index is 778. The summed E-state index contributed by atoms with van der Waals surface area (Å²) in [5.74, 6) is 0.495. The molecular formula is C15H18N6O2. The molecule has 1 aliphatic carbocycles. The second-order valence-corrected chi connectivity index (χ2v) is 6.20. The molecule has 8 heteroatoms. The summed E-state index contributed by atoms with van der Waals surface area (Å²) in [6, 6.07) is 3.14. The molecule has 1 saturated heterocycles. The van der Waals surface area contributed by atoms with E-state index < -0.39 is 0 Å². The molecule has 0 bridgehead atoms. The van der Waals surface area contributed by atoms with E-state index in [0.29, 0.717) is 19.0 Å². The number of likely N-dealkylation sites (tertiary alicyclic amines) is 1. The molecule has 1 unspecified atom stereocenters. The summed E-state index contributed by atoms with van der Waals surface area (Å²) < 4.78 is 3.07. The molecule has 2 aromatic rings. The Balaban J connectivity index is 1.40. The van der Waals surface area contributed by atoms with E-state index in [-0.39, 0.29) is 24.1 Å². The van der Waals surface area contributed by atoms with Gasteiger partial charge in [0.1, 0.15) is 6.54 Å². The maximum Gasteiger partial charge on any atom is 0.267 e. The van der Waals surface area contributed by atoms with Crippen LogP contribution in [0.5, 0.6) is 0 Å². The van der Waals surface area contributed by atoms with Crippen LogP contribution in [-0.2, 0) is 11.3 Å². The second-order valence-electron chi connectivity index (χ2n) is 6.20. The molecule has 0 N–H and O–H groups in total. The Morgan fingerprint density at radius 3 is 2.96 bits per heavy atom. The van der Waals surface area contributed by atoms with Gasteiger partial charge in [0.15, 0.2) is 0 Å². The standard InChI is InChI=1S/C15H18N6O2/c22-14-2-1-6-16-21(14)10-15(23)19-7-5-12(8-19)20-9-13(17-18-20)11-3-4-11/h1-2,6,9,11-12H,3-5,7-8,10H2. The minimum absolute atomic E-state index is 0.0168. The zero-order chi connectivity index (χ0) is 15.8. The van der Waals surface area contributed by atoms with Crippen molar-refractivity contribution in [2.45, 2.75) is 37.8 Å². The molecule has 1 aliphatic heterocycles. The molecule has 1 atom stereocenters. The van der Waals surface area contributed by atoms with Crippen molar-refractivity contribution in [1.29, 1.82) is 0 Å². The van der Waals surface area contributed by atoms with E-state index >= 15 is 0 Å².